The molecule has 2 N–H and O–H groups in total. The molecule has 1 amide bonds. The second-order valence-corrected chi connectivity index (χ2v) is 7.62. The van der Waals surface area contributed by atoms with E-state index in [0.717, 1.165) is 5.56 Å². The lowest BCUT2D eigenvalue weighted by atomic mass is 10.2. The normalized spacial score (nSPS) is 11.0. The third-order valence-electron chi connectivity index (χ3n) is 3.44. The third-order valence-corrected chi connectivity index (χ3v) is 5.26. The summed E-state index contributed by atoms with van der Waals surface area (Å²) in [6.45, 7) is 1.31. The Bertz CT molecular complexity index is 944. The molecule has 0 unspecified atom stereocenters. The Hall–Kier alpha value is -2.42. The second-order valence-electron chi connectivity index (χ2n) is 5.32. The van der Waals surface area contributed by atoms with Gasteiger partial charge in [0.2, 0.25) is 10.0 Å². The molecule has 0 atom stereocenters. The van der Waals surface area contributed by atoms with Crippen LogP contribution in [0.4, 0.5) is 5.69 Å². The van der Waals surface area contributed by atoms with Gasteiger partial charge >= 0.3 is 5.97 Å². The summed E-state index contributed by atoms with van der Waals surface area (Å²) in [5, 5.41) is 3.06. The summed E-state index contributed by atoms with van der Waals surface area (Å²) in [5.41, 5.74) is 1.36. The van der Waals surface area contributed by atoms with E-state index in [9.17, 15) is 18.0 Å². The van der Waals surface area contributed by atoms with E-state index < -0.39 is 28.5 Å². The molecule has 138 valence electrons. The van der Waals surface area contributed by atoms with Crippen LogP contribution in [-0.4, -0.2) is 33.9 Å². The summed E-state index contributed by atoms with van der Waals surface area (Å²) in [5.74, 6) is -1.35. The van der Waals surface area contributed by atoms with Crippen molar-refractivity contribution in [1.29, 1.82) is 0 Å². The second kappa shape index (κ2) is 8.31. The quantitative estimate of drug-likeness (QED) is 0.730. The zero-order valence-corrected chi connectivity index (χ0v) is 15.6. The largest absolute Gasteiger partial charge is 0.452 e. The number of hydrogen-bond donors (Lipinski definition) is 2. The first kappa shape index (κ1) is 19.9. The first-order valence-corrected chi connectivity index (χ1v) is 9.36. The standard InChI is InChI=1S/C17H17ClN2O5S/c1-11-6-7-13(9-15(11)18)20-16(21)10-25-17(22)12-4-3-5-14(8-12)26(23,24)19-2/h3-9,19H,10H2,1-2H3,(H,20,21). The number of anilines is 1. The number of nitrogens with one attached hydrogen (secondary N) is 2. The summed E-state index contributed by atoms with van der Waals surface area (Å²) in [6, 6.07) is 10.3. The molecule has 0 aliphatic heterocycles. The number of aryl methyl sites for hydroxylation is 1. The topological polar surface area (TPSA) is 102 Å². The van der Waals surface area contributed by atoms with Gasteiger partial charge in [0.05, 0.1) is 10.5 Å². The lowest BCUT2D eigenvalue weighted by Crippen LogP contribution is -2.21. The first-order chi connectivity index (χ1) is 12.2. The number of carbonyl (C=O) groups is 2. The number of halogens is 1. The van der Waals surface area contributed by atoms with Crippen LogP contribution in [0, 0.1) is 6.92 Å². The van der Waals surface area contributed by atoms with E-state index in [-0.39, 0.29) is 10.5 Å². The van der Waals surface area contributed by atoms with Crippen molar-refractivity contribution in [1.82, 2.24) is 4.72 Å². The van der Waals surface area contributed by atoms with Gasteiger partial charge in [0, 0.05) is 10.7 Å². The van der Waals surface area contributed by atoms with Crippen molar-refractivity contribution in [2.75, 3.05) is 19.0 Å². The van der Waals surface area contributed by atoms with Crippen molar-refractivity contribution in [2.24, 2.45) is 0 Å². The van der Waals surface area contributed by atoms with Gasteiger partial charge in [-0.3, -0.25) is 4.79 Å². The summed E-state index contributed by atoms with van der Waals surface area (Å²) in [7, 11) is -2.42. The van der Waals surface area contributed by atoms with Gasteiger partial charge < -0.3 is 10.1 Å². The Morgan fingerprint density at radius 1 is 1.15 bits per heavy atom. The van der Waals surface area contributed by atoms with Crippen molar-refractivity contribution in [3.63, 3.8) is 0 Å². The number of carbonyl (C=O) groups excluding carboxylic acids is 2. The SMILES string of the molecule is CNS(=O)(=O)c1cccc(C(=O)OCC(=O)Nc2ccc(C)c(Cl)c2)c1. The summed E-state index contributed by atoms with van der Waals surface area (Å²) in [6.07, 6.45) is 0. The van der Waals surface area contributed by atoms with E-state index in [1.807, 2.05) is 6.92 Å². The van der Waals surface area contributed by atoms with Crippen LogP contribution in [0.15, 0.2) is 47.4 Å². The number of benzene rings is 2. The maximum absolute atomic E-state index is 12.0. The Kier molecular flexibility index (Phi) is 6.36. The molecule has 0 spiro atoms. The molecule has 2 rings (SSSR count). The fourth-order valence-electron chi connectivity index (χ4n) is 1.99. The van der Waals surface area contributed by atoms with Crippen molar-refractivity contribution < 1.29 is 22.7 Å². The Labute approximate surface area is 156 Å². The maximum atomic E-state index is 12.0. The van der Waals surface area contributed by atoms with Gasteiger partial charge in [-0.15, -0.1) is 0 Å². The molecule has 26 heavy (non-hydrogen) atoms. The van der Waals surface area contributed by atoms with Gasteiger partial charge in [0.1, 0.15) is 0 Å². The highest BCUT2D eigenvalue weighted by molar-refractivity contribution is 7.89. The first-order valence-electron chi connectivity index (χ1n) is 7.49. The average Bonchev–Trinajstić information content (AvgIpc) is 2.63. The van der Waals surface area contributed by atoms with Crippen LogP contribution in [0.2, 0.25) is 5.02 Å². The fraction of sp³-hybridized carbons (Fsp3) is 0.176. The minimum atomic E-state index is -3.68. The lowest BCUT2D eigenvalue weighted by molar-refractivity contribution is -0.119. The fourth-order valence-corrected chi connectivity index (χ4v) is 2.95. The summed E-state index contributed by atoms with van der Waals surface area (Å²) >= 11 is 5.98. The molecule has 0 aromatic heterocycles. The molecule has 0 fully saturated rings. The van der Waals surface area contributed by atoms with Gasteiger partial charge in [-0.1, -0.05) is 23.7 Å². The van der Waals surface area contributed by atoms with Crippen molar-refractivity contribution in [2.45, 2.75) is 11.8 Å². The van der Waals surface area contributed by atoms with E-state index in [4.69, 9.17) is 16.3 Å². The smallest absolute Gasteiger partial charge is 0.338 e. The minimum Gasteiger partial charge on any atom is -0.452 e. The predicted octanol–water partition coefficient (Wildman–Crippen LogP) is 2.35. The molecule has 2 aromatic rings. The summed E-state index contributed by atoms with van der Waals surface area (Å²) < 4.78 is 30.6. The lowest BCUT2D eigenvalue weighted by Gasteiger charge is -2.08. The Balaban J connectivity index is 1.99. The van der Waals surface area contributed by atoms with Crippen LogP contribution in [0.3, 0.4) is 0 Å². The Morgan fingerprint density at radius 2 is 1.88 bits per heavy atom. The number of esters is 1. The average molecular weight is 397 g/mol. The van der Waals surface area contributed by atoms with Crippen molar-refractivity contribution in [3.8, 4) is 0 Å². The molecule has 0 bridgehead atoms. The number of rotatable bonds is 6. The van der Waals surface area contributed by atoms with E-state index in [1.54, 1.807) is 18.2 Å². The minimum absolute atomic E-state index is 0.0208. The van der Waals surface area contributed by atoms with Gasteiger partial charge in [-0.2, -0.15) is 0 Å². The van der Waals surface area contributed by atoms with Crippen LogP contribution in [0.5, 0.6) is 0 Å². The zero-order valence-electron chi connectivity index (χ0n) is 14.1. The van der Waals surface area contributed by atoms with E-state index in [2.05, 4.69) is 10.0 Å². The third kappa shape index (κ3) is 5.04. The Morgan fingerprint density at radius 3 is 2.54 bits per heavy atom. The van der Waals surface area contributed by atoms with Crippen LogP contribution < -0.4 is 10.0 Å². The van der Waals surface area contributed by atoms with E-state index >= 15 is 0 Å². The molecule has 0 heterocycles. The van der Waals surface area contributed by atoms with Gasteiger partial charge in [0.15, 0.2) is 6.61 Å². The van der Waals surface area contributed by atoms with Crippen LogP contribution in [0.25, 0.3) is 0 Å². The van der Waals surface area contributed by atoms with Crippen molar-refractivity contribution in [3.05, 3.63) is 58.6 Å². The number of ether oxygens (including phenoxy) is 1. The predicted molar refractivity (Wildman–Crippen MR) is 97.8 cm³/mol. The summed E-state index contributed by atoms with van der Waals surface area (Å²) in [4.78, 5) is 23.8. The van der Waals surface area contributed by atoms with E-state index in [0.29, 0.717) is 10.7 Å². The number of amides is 1. The highest BCUT2D eigenvalue weighted by Gasteiger charge is 2.16. The molecule has 0 aliphatic carbocycles. The number of sulfonamides is 1. The molecule has 7 nitrogen and oxygen atoms in total. The molecule has 0 aliphatic rings. The molecular weight excluding hydrogens is 380 g/mol. The molecular formula is C17H17ClN2O5S. The van der Waals surface area contributed by atoms with Gasteiger partial charge in [0.25, 0.3) is 5.91 Å². The van der Waals surface area contributed by atoms with Crippen molar-refractivity contribution >= 4 is 39.2 Å². The van der Waals surface area contributed by atoms with Gasteiger partial charge in [-0.05, 0) is 49.9 Å². The molecule has 0 saturated heterocycles. The monoisotopic (exact) mass is 396 g/mol. The molecule has 0 saturated carbocycles. The molecule has 2 aromatic carbocycles. The highest BCUT2D eigenvalue weighted by Crippen LogP contribution is 2.20. The van der Waals surface area contributed by atoms with E-state index in [1.165, 1.54) is 31.3 Å². The zero-order chi connectivity index (χ0) is 19.3. The molecule has 0 radical (unpaired) electrons. The molecule has 9 heteroatoms. The van der Waals surface area contributed by atoms with Gasteiger partial charge in [-0.25, -0.2) is 17.9 Å². The number of hydrogen-bond acceptors (Lipinski definition) is 5. The maximum Gasteiger partial charge on any atom is 0.338 e. The van der Waals surface area contributed by atoms with Crippen LogP contribution in [-0.2, 0) is 19.6 Å². The van der Waals surface area contributed by atoms with Crippen LogP contribution in [0.1, 0.15) is 15.9 Å². The van der Waals surface area contributed by atoms with Crippen LogP contribution >= 0.6 is 11.6 Å². The highest BCUT2D eigenvalue weighted by atomic mass is 35.5.